The van der Waals surface area contributed by atoms with Gasteiger partial charge in [0, 0.05) is 10.7 Å². The van der Waals surface area contributed by atoms with Gasteiger partial charge in [0.1, 0.15) is 5.75 Å². The Labute approximate surface area is 105 Å². The fraction of sp³-hybridized carbons (Fsp3) is 0. The van der Waals surface area contributed by atoms with Gasteiger partial charge >= 0.3 is 0 Å². The average molecular weight is 303 g/mol. The van der Waals surface area contributed by atoms with Crippen molar-refractivity contribution in [3.63, 3.8) is 0 Å². The highest BCUT2D eigenvalue weighted by molar-refractivity contribution is 9.10. The summed E-state index contributed by atoms with van der Waals surface area (Å²) in [4.78, 5) is 3.75. The van der Waals surface area contributed by atoms with Crippen molar-refractivity contribution < 1.29 is 9.13 Å². The Morgan fingerprint density at radius 3 is 2.56 bits per heavy atom. The van der Waals surface area contributed by atoms with Crippen LogP contribution >= 0.6 is 27.5 Å². The summed E-state index contributed by atoms with van der Waals surface area (Å²) in [6.45, 7) is 0. The molecule has 1 aromatic carbocycles. The van der Waals surface area contributed by atoms with Crippen molar-refractivity contribution in [2.45, 2.75) is 0 Å². The van der Waals surface area contributed by atoms with Gasteiger partial charge in [0.25, 0.3) is 5.88 Å². The molecule has 0 saturated heterocycles. The Hall–Kier alpha value is -1.13. The smallest absolute Gasteiger partial charge is 0.255 e. The van der Waals surface area contributed by atoms with Gasteiger partial charge in [-0.1, -0.05) is 27.5 Å². The van der Waals surface area contributed by atoms with E-state index in [9.17, 15) is 4.39 Å². The Bertz CT molecular complexity index is 504. The fourth-order valence-corrected chi connectivity index (χ4v) is 1.50. The van der Waals surface area contributed by atoms with Gasteiger partial charge in [-0.05, 0) is 30.3 Å². The molecule has 1 heterocycles. The van der Waals surface area contributed by atoms with Crippen molar-refractivity contribution in [1.82, 2.24) is 4.98 Å². The number of hydrogen-bond donors (Lipinski definition) is 0. The van der Waals surface area contributed by atoms with Gasteiger partial charge in [-0.2, -0.15) is 0 Å². The molecule has 82 valence electrons. The first-order chi connectivity index (χ1) is 7.65. The normalized spacial score (nSPS) is 10.2. The molecule has 5 heteroatoms. The van der Waals surface area contributed by atoms with E-state index in [0.29, 0.717) is 5.75 Å². The number of ether oxygens (including phenoxy) is 1. The highest BCUT2D eigenvalue weighted by Gasteiger charge is 2.06. The molecule has 0 spiro atoms. The number of halogens is 3. The van der Waals surface area contributed by atoms with Crippen LogP contribution in [0.4, 0.5) is 4.39 Å². The first kappa shape index (κ1) is 11.4. The van der Waals surface area contributed by atoms with Crippen LogP contribution in [0.25, 0.3) is 0 Å². The Balaban J connectivity index is 2.23. The van der Waals surface area contributed by atoms with Gasteiger partial charge < -0.3 is 4.74 Å². The number of benzene rings is 1. The predicted molar refractivity (Wildman–Crippen MR) is 63.4 cm³/mol. The van der Waals surface area contributed by atoms with E-state index < -0.39 is 5.82 Å². The topological polar surface area (TPSA) is 22.1 Å². The van der Waals surface area contributed by atoms with Gasteiger partial charge in [0.15, 0.2) is 5.82 Å². The molecule has 0 bridgehead atoms. The molecule has 0 unspecified atom stereocenters. The van der Waals surface area contributed by atoms with Gasteiger partial charge in [-0.25, -0.2) is 9.37 Å². The van der Waals surface area contributed by atoms with Crippen LogP contribution in [-0.2, 0) is 0 Å². The first-order valence-corrected chi connectivity index (χ1v) is 5.57. The molecule has 0 aliphatic carbocycles. The highest BCUT2D eigenvalue weighted by Crippen LogP contribution is 2.25. The fourth-order valence-electron chi connectivity index (χ4n) is 1.09. The monoisotopic (exact) mass is 301 g/mol. The molecule has 2 aromatic rings. The molecule has 0 N–H and O–H groups in total. The van der Waals surface area contributed by atoms with E-state index in [1.165, 1.54) is 6.20 Å². The summed E-state index contributed by atoms with van der Waals surface area (Å²) in [5.41, 5.74) is 0. The second-order valence-electron chi connectivity index (χ2n) is 3.00. The second-order valence-corrected chi connectivity index (χ2v) is 4.35. The Morgan fingerprint density at radius 2 is 1.94 bits per heavy atom. The van der Waals surface area contributed by atoms with Crippen LogP contribution in [0.5, 0.6) is 11.6 Å². The standard InChI is InChI=1S/C11H6BrClFNO/c12-7-1-3-9(4-2-7)16-11-10(14)5-8(13)6-15-11/h1-6H. The van der Waals surface area contributed by atoms with Gasteiger partial charge in [0.05, 0.1) is 5.02 Å². The maximum atomic E-state index is 13.3. The van der Waals surface area contributed by atoms with E-state index in [1.54, 1.807) is 24.3 Å². The molecule has 0 aliphatic heterocycles. The number of aromatic nitrogens is 1. The van der Waals surface area contributed by atoms with Crippen molar-refractivity contribution in [2.24, 2.45) is 0 Å². The van der Waals surface area contributed by atoms with Crippen LogP contribution in [0.2, 0.25) is 5.02 Å². The van der Waals surface area contributed by atoms with Crippen molar-refractivity contribution in [3.05, 3.63) is 51.8 Å². The lowest BCUT2D eigenvalue weighted by atomic mass is 10.3. The molecule has 0 aliphatic rings. The summed E-state index contributed by atoms with van der Waals surface area (Å²) >= 11 is 8.87. The molecule has 1 aromatic heterocycles. The SMILES string of the molecule is Fc1cc(Cl)cnc1Oc1ccc(Br)cc1. The highest BCUT2D eigenvalue weighted by atomic mass is 79.9. The summed E-state index contributed by atoms with van der Waals surface area (Å²) in [6.07, 6.45) is 1.33. The summed E-state index contributed by atoms with van der Waals surface area (Å²) in [5, 5.41) is 0.237. The molecule has 0 radical (unpaired) electrons. The first-order valence-electron chi connectivity index (χ1n) is 4.39. The van der Waals surface area contributed by atoms with Crippen LogP contribution < -0.4 is 4.74 Å². The zero-order valence-electron chi connectivity index (χ0n) is 7.95. The minimum absolute atomic E-state index is 0.0910. The van der Waals surface area contributed by atoms with E-state index in [0.717, 1.165) is 10.5 Å². The molecule has 0 fully saturated rings. The van der Waals surface area contributed by atoms with Crippen molar-refractivity contribution in [1.29, 1.82) is 0 Å². The lowest BCUT2D eigenvalue weighted by Crippen LogP contribution is -1.91. The zero-order chi connectivity index (χ0) is 11.5. The molecule has 16 heavy (non-hydrogen) atoms. The quantitative estimate of drug-likeness (QED) is 0.819. The third-order valence-electron chi connectivity index (χ3n) is 1.80. The number of pyridine rings is 1. The third kappa shape index (κ3) is 2.71. The maximum Gasteiger partial charge on any atom is 0.255 e. The van der Waals surface area contributed by atoms with Crippen LogP contribution in [0.1, 0.15) is 0 Å². The van der Waals surface area contributed by atoms with Crippen LogP contribution in [0.15, 0.2) is 41.0 Å². The minimum Gasteiger partial charge on any atom is -0.436 e. The van der Waals surface area contributed by atoms with Crippen molar-refractivity contribution in [3.8, 4) is 11.6 Å². The summed E-state index contributed by atoms with van der Waals surface area (Å²) in [5.74, 6) is -0.168. The van der Waals surface area contributed by atoms with Crippen LogP contribution in [-0.4, -0.2) is 4.98 Å². The Kier molecular flexibility index (Phi) is 3.41. The second kappa shape index (κ2) is 4.80. The van der Waals surface area contributed by atoms with E-state index in [2.05, 4.69) is 20.9 Å². The van der Waals surface area contributed by atoms with E-state index in [4.69, 9.17) is 16.3 Å². The molecular formula is C11H6BrClFNO. The van der Waals surface area contributed by atoms with Crippen molar-refractivity contribution in [2.75, 3.05) is 0 Å². The lowest BCUT2D eigenvalue weighted by molar-refractivity contribution is 0.423. The molecular weight excluding hydrogens is 296 g/mol. The number of rotatable bonds is 2. The predicted octanol–water partition coefficient (Wildman–Crippen LogP) is 4.43. The molecule has 0 amide bonds. The zero-order valence-corrected chi connectivity index (χ0v) is 10.3. The van der Waals surface area contributed by atoms with E-state index >= 15 is 0 Å². The molecule has 0 saturated carbocycles. The molecule has 2 rings (SSSR count). The van der Waals surface area contributed by atoms with Crippen molar-refractivity contribution >= 4 is 27.5 Å². The lowest BCUT2D eigenvalue weighted by Gasteiger charge is -2.05. The third-order valence-corrected chi connectivity index (χ3v) is 2.54. The van der Waals surface area contributed by atoms with E-state index in [-0.39, 0.29) is 10.9 Å². The number of hydrogen-bond acceptors (Lipinski definition) is 2. The average Bonchev–Trinajstić information content (AvgIpc) is 2.25. The molecule has 2 nitrogen and oxygen atoms in total. The Morgan fingerprint density at radius 1 is 1.25 bits per heavy atom. The van der Waals surface area contributed by atoms with Crippen LogP contribution in [0, 0.1) is 5.82 Å². The minimum atomic E-state index is -0.588. The summed E-state index contributed by atoms with van der Waals surface area (Å²) < 4.78 is 19.5. The van der Waals surface area contributed by atoms with Crippen LogP contribution in [0.3, 0.4) is 0 Å². The van der Waals surface area contributed by atoms with E-state index in [1.807, 2.05) is 0 Å². The van der Waals surface area contributed by atoms with Gasteiger partial charge in [0.2, 0.25) is 0 Å². The summed E-state index contributed by atoms with van der Waals surface area (Å²) in [7, 11) is 0. The summed E-state index contributed by atoms with van der Waals surface area (Å²) in [6, 6.07) is 8.16. The van der Waals surface area contributed by atoms with Gasteiger partial charge in [-0.15, -0.1) is 0 Å². The van der Waals surface area contributed by atoms with Gasteiger partial charge in [-0.3, -0.25) is 0 Å². The molecule has 0 atom stereocenters. The maximum absolute atomic E-state index is 13.3. The number of nitrogens with zero attached hydrogens (tertiary/aromatic N) is 1. The largest absolute Gasteiger partial charge is 0.436 e.